The van der Waals surface area contributed by atoms with Gasteiger partial charge in [0.1, 0.15) is 0 Å². The maximum atomic E-state index is 11.8. The molecule has 0 spiro atoms. The Balaban J connectivity index is 1.69. The molecule has 6 nitrogen and oxygen atoms in total. The van der Waals surface area contributed by atoms with Crippen LogP contribution in [0.2, 0.25) is 0 Å². The van der Waals surface area contributed by atoms with Crippen LogP contribution in [-0.2, 0) is 4.79 Å². The van der Waals surface area contributed by atoms with E-state index in [0.717, 1.165) is 23.1 Å². The van der Waals surface area contributed by atoms with E-state index >= 15 is 0 Å². The molecule has 3 aromatic rings. The molecule has 20 heavy (non-hydrogen) atoms. The van der Waals surface area contributed by atoms with Gasteiger partial charge in [0.15, 0.2) is 17.3 Å². The van der Waals surface area contributed by atoms with Crippen molar-refractivity contribution in [1.82, 2.24) is 20.2 Å². The molecule has 1 fully saturated rings. The average Bonchev–Trinajstić information content (AvgIpc) is 3.03. The highest BCUT2D eigenvalue weighted by molar-refractivity contribution is 7.13. The number of nitrogens with one attached hydrogen (secondary N) is 2. The summed E-state index contributed by atoms with van der Waals surface area (Å²) in [5.74, 6) is 1.35. The molecule has 3 heterocycles. The number of aromatic nitrogens is 4. The van der Waals surface area contributed by atoms with Gasteiger partial charge in [-0.15, -0.1) is 11.3 Å². The van der Waals surface area contributed by atoms with E-state index in [9.17, 15) is 4.79 Å². The number of carbonyl (C=O) groups excluding carboxylic acids is 1. The molecule has 0 aliphatic heterocycles. The minimum atomic E-state index is 0.0285. The van der Waals surface area contributed by atoms with Crippen molar-refractivity contribution < 1.29 is 4.79 Å². The Bertz CT molecular complexity index is 775. The number of hydrogen-bond donors (Lipinski definition) is 2. The highest BCUT2D eigenvalue weighted by Crippen LogP contribution is 2.31. The van der Waals surface area contributed by atoms with E-state index in [2.05, 4.69) is 25.5 Å². The van der Waals surface area contributed by atoms with Gasteiger partial charge < -0.3 is 5.32 Å². The number of hydrogen-bond acceptors (Lipinski definition) is 5. The van der Waals surface area contributed by atoms with Gasteiger partial charge >= 0.3 is 0 Å². The number of H-pyrrole nitrogens is 1. The minimum absolute atomic E-state index is 0.0285. The van der Waals surface area contributed by atoms with Crippen molar-refractivity contribution in [1.29, 1.82) is 0 Å². The number of nitrogens with zero attached hydrogens (tertiary/aromatic N) is 3. The number of amides is 1. The normalized spacial score (nSPS) is 14.6. The van der Waals surface area contributed by atoms with Crippen molar-refractivity contribution in [3.05, 3.63) is 23.7 Å². The molecule has 0 radical (unpaired) electrons. The Morgan fingerprint density at radius 3 is 3.10 bits per heavy atom. The van der Waals surface area contributed by atoms with E-state index in [4.69, 9.17) is 0 Å². The van der Waals surface area contributed by atoms with Gasteiger partial charge in [-0.2, -0.15) is 5.10 Å². The number of anilines is 1. The minimum Gasteiger partial charge on any atom is -0.308 e. The van der Waals surface area contributed by atoms with Crippen LogP contribution in [0.1, 0.15) is 12.8 Å². The first kappa shape index (κ1) is 11.5. The SMILES string of the molecule is O=C(Nc1n[nH]c2nc(-c3cccs3)ncc12)C1CC1. The van der Waals surface area contributed by atoms with Crippen LogP contribution in [0.15, 0.2) is 23.7 Å². The Morgan fingerprint density at radius 1 is 1.45 bits per heavy atom. The molecular weight excluding hydrogens is 274 g/mol. The van der Waals surface area contributed by atoms with Crippen molar-refractivity contribution in [3.63, 3.8) is 0 Å². The molecule has 0 saturated heterocycles. The zero-order valence-electron chi connectivity index (χ0n) is 10.5. The second-order valence-electron chi connectivity index (χ2n) is 4.77. The van der Waals surface area contributed by atoms with Crippen LogP contribution in [0.3, 0.4) is 0 Å². The first-order valence-electron chi connectivity index (χ1n) is 6.37. The van der Waals surface area contributed by atoms with Gasteiger partial charge in [0.2, 0.25) is 5.91 Å². The summed E-state index contributed by atoms with van der Waals surface area (Å²) in [5.41, 5.74) is 0.634. The topological polar surface area (TPSA) is 83.6 Å². The fraction of sp³-hybridized carbons (Fsp3) is 0.231. The van der Waals surface area contributed by atoms with Crippen LogP contribution in [0.5, 0.6) is 0 Å². The number of fused-ring (bicyclic) bond motifs is 1. The van der Waals surface area contributed by atoms with Crippen LogP contribution in [0, 0.1) is 5.92 Å². The summed E-state index contributed by atoms with van der Waals surface area (Å²) in [7, 11) is 0. The van der Waals surface area contributed by atoms with Crippen molar-refractivity contribution in [2.45, 2.75) is 12.8 Å². The lowest BCUT2D eigenvalue weighted by atomic mass is 10.3. The summed E-state index contributed by atoms with van der Waals surface area (Å²) < 4.78 is 0. The van der Waals surface area contributed by atoms with E-state index in [1.54, 1.807) is 17.5 Å². The molecule has 0 atom stereocenters. The highest BCUT2D eigenvalue weighted by Gasteiger charge is 2.30. The third-order valence-electron chi connectivity index (χ3n) is 3.25. The number of carbonyl (C=O) groups is 1. The van der Waals surface area contributed by atoms with Crippen molar-refractivity contribution in [2.24, 2.45) is 5.92 Å². The van der Waals surface area contributed by atoms with Gasteiger partial charge in [-0.3, -0.25) is 9.89 Å². The smallest absolute Gasteiger partial charge is 0.228 e. The largest absolute Gasteiger partial charge is 0.308 e. The summed E-state index contributed by atoms with van der Waals surface area (Å²) in [6.07, 6.45) is 3.63. The van der Waals surface area contributed by atoms with Crippen molar-refractivity contribution in [2.75, 3.05) is 5.32 Å². The Labute approximate surface area is 118 Å². The van der Waals surface area contributed by atoms with Gasteiger partial charge in [0, 0.05) is 12.1 Å². The van der Waals surface area contributed by atoms with Gasteiger partial charge in [-0.1, -0.05) is 6.07 Å². The van der Waals surface area contributed by atoms with E-state index in [-0.39, 0.29) is 11.8 Å². The lowest BCUT2D eigenvalue weighted by molar-refractivity contribution is -0.117. The average molecular weight is 285 g/mol. The predicted molar refractivity (Wildman–Crippen MR) is 76.4 cm³/mol. The van der Waals surface area contributed by atoms with Gasteiger partial charge in [0.05, 0.1) is 10.3 Å². The first-order valence-corrected chi connectivity index (χ1v) is 7.25. The molecule has 1 amide bonds. The van der Waals surface area contributed by atoms with E-state index in [1.807, 2.05) is 17.5 Å². The first-order chi connectivity index (χ1) is 9.81. The van der Waals surface area contributed by atoms with Crippen LogP contribution >= 0.6 is 11.3 Å². The molecule has 4 rings (SSSR count). The number of aromatic amines is 1. The zero-order valence-corrected chi connectivity index (χ0v) is 11.3. The maximum absolute atomic E-state index is 11.8. The number of thiophene rings is 1. The maximum Gasteiger partial charge on any atom is 0.228 e. The van der Waals surface area contributed by atoms with Crippen LogP contribution in [-0.4, -0.2) is 26.1 Å². The molecule has 0 unspecified atom stereocenters. The molecule has 1 aliphatic rings. The molecule has 1 saturated carbocycles. The van der Waals surface area contributed by atoms with Crippen molar-refractivity contribution in [3.8, 4) is 10.7 Å². The van der Waals surface area contributed by atoms with Gasteiger partial charge in [-0.25, -0.2) is 9.97 Å². The van der Waals surface area contributed by atoms with Crippen LogP contribution in [0.4, 0.5) is 5.82 Å². The zero-order chi connectivity index (χ0) is 13.5. The summed E-state index contributed by atoms with van der Waals surface area (Å²) in [6.45, 7) is 0. The summed E-state index contributed by atoms with van der Waals surface area (Å²) in [6, 6.07) is 3.93. The lowest BCUT2D eigenvalue weighted by Crippen LogP contribution is -2.13. The third-order valence-corrected chi connectivity index (χ3v) is 4.11. The number of rotatable bonds is 3. The van der Waals surface area contributed by atoms with E-state index in [1.165, 1.54) is 0 Å². The molecule has 0 aromatic carbocycles. The quantitative estimate of drug-likeness (QED) is 0.774. The Morgan fingerprint density at radius 2 is 2.35 bits per heavy atom. The summed E-state index contributed by atoms with van der Waals surface area (Å²) >= 11 is 1.59. The molecular formula is C13H11N5OS. The molecule has 7 heteroatoms. The molecule has 3 aromatic heterocycles. The Kier molecular flexibility index (Phi) is 2.53. The lowest BCUT2D eigenvalue weighted by Gasteiger charge is -2.00. The van der Waals surface area contributed by atoms with E-state index in [0.29, 0.717) is 17.3 Å². The monoisotopic (exact) mass is 285 g/mol. The second kappa shape index (κ2) is 4.38. The fourth-order valence-corrected chi connectivity index (χ4v) is 2.66. The molecule has 100 valence electrons. The summed E-state index contributed by atoms with van der Waals surface area (Å²) in [4.78, 5) is 21.5. The third kappa shape index (κ3) is 1.96. The Hall–Kier alpha value is -2.28. The molecule has 2 N–H and O–H groups in total. The van der Waals surface area contributed by atoms with Crippen LogP contribution in [0.25, 0.3) is 21.7 Å². The second-order valence-corrected chi connectivity index (χ2v) is 5.72. The highest BCUT2D eigenvalue weighted by atomic mass is 32.1. The summed E-state index contributed by atoms with van der Waals surface area (Å²) in [5, 5.41) is 12.5. The van der Waals surface area contributed by atoms with Crippen molar-refractivity contribution >= 4 is 34.1 Å². The fourth-order valence-electron chi connectivity index (χ4n) is 1.99. The standard InChI is InChI=1S/C13H11N5OS/c19-13(7-3-4-7)16-11-8-6-14-12(9-2-1-5-20-9)15-10(8)17-18-11/h1-2,5-7H,3-4H2,(H2,14,15,16,17,18,19). The molecule has 0 bridgehead atoms. The molecule has 1 aliphatic carbocycles. The van der Waals surface area contributed by atoms with Crippen LogP contribution < -0.4 is 5.32 Å². The van der Waals surface area contributed by atoms with Gasteiger partial charge in [-0.05, 0) is 24.3 Å². The van der Waals surface area contributed by atoms with Gasteiger partial charge in [0.25, 0.3) is 0 Å². The van der Waals surface area contributed by atoms with E-state index < -0.39 is 0 Å². The predicted octanol–water partition coefficient (Wildman–Crippen LogP) is 2.43.